The number of carboxylic acids is 1. The van der Waals surface area contributed by atoms with Gasteiger partial charge in [-0.1, -0.05) is 36.4 Å². The summed E-state index contributed by atoms with van der Waals surface area (Å²) in [4.78, 5) is 24.0. The molecule has 4 nitrogen and oxygen atoms in total. The molecular formula is C18H18FNO3. The lowest BCUT2D eigenvalue weighted by Gasteiger charge is -2.25. The number of carbonyl (C=O) groups excluding carboxylic acids is 1. The van der Waals surface area contributed by atoms with E-state index in [2.05, 4.69) is 5.32 Å². The molecule has 2 aromatic rings. The Morgan fingerprint density at radius 2 is 1.83 bits per heavy atom. The van der Waals surface area contributed by atoms with Crippen molar-refractivity contribution in [1.29, 1.82) is 0 Å². The van der Waals surface area contributed by atoms with Gasteiger partial charge < -0.3 is 10.4 Å². The van der Waals surface area contributed by atoms with Gasteiger partial charge in [0.1, 0.15) is 5.82 Å². The van der Waals surface area contributed by atoms with E-state index in [1.54, 1.807) is 43.3 Å². The summed E-state index contributed by atoms with van der Waals surface area (Å²) in [5.74, 6) is -2.03. The maximum Gasteiger partial charge on any atom is 0.314 e. The fraction of sp³-hybridized carbons (Fsp3) is 0.222. The fourth-order valence-corrected chi connectivity index (χ4v) is 2.35. The van der Waals surface area contributed by atoms with Crippen LogP contribution in [0.4, 0.5) is 10.1 Å². The fourth-order valence-electron chi connectivity index (χ4n) is 2.35. The SMILES string of the molecule is Cc1ccc(F)cc1NC(=O)C[C@](C)(C(=O)O)c1ccccc1. The zero-order chi connectivity index (χ0) is 17.0. The monoisotopic (exact) mass is 315 g/mol. The second-order valence-corrected chi connectivity index (χ2v) is 5.69. The quantitative estimate of drug-likeness (QED) is 0.887. The Hall–Kier alpha value is -2.69. The van der Waals surface area contributed by atoms with Crippen molar-refractivity contribution < 1.29 is 19.1 Å². The normalized spacial score (nSPS) is 13.2. The molecule has 0 spiro atoms. The predicted molar refractivity (Wildman–Crippen MR) is 85.8 cm³/mol. The van der Waals surface area contributed by atoms with Gasteiger partial charge in [-0.05, 0) is 37.1 Å². The Morgan fingerprint density at radius 3 is 2.43 bits per heavy atom. The molecule has 0 saturated heterocycles. The van der Waals surface area contributed by atoms with Gasteiger partial charge in [0.15, 0.2) is 0 Å². The van der Waals surface area contributed by atoms with Crippen LogP contribution in [0.15, 0.2) is 48.5 Å². The number of aryl methyl sites for hydroxylation is 1. The summed E-state index contributed by atoms with van der Waals surface area (Å²) < 4.78 is 13.3. The van der Waals surface area contributed by atoms with Gasteiger partial charge in [-0.25, -0.2) is 4.39 Å². The first-order chi connectivity index (χ1) is 10.8. The van der Waals surface area contributed by atoms with Crippen molar-refractivity contribution >= 4 is 17.6 Å². The molecular weight excluding hydrogens is 297 g/mol. The van der Waals surface area contributed by atoms with E-state index in [0.717, 1.165) is 0 Å². The van der Waals surface area contributed by atoms with Crippen molar-refractivity contribution in [3.8, 4) is 0 Å². The number of carboxylic acid groups (broad SMARTS) is 1. The van der Waals surface area contributed by atoms with Crippen LogP contribution in [0.5, 0.6) is 0 Å². The van der Waals surface area contributed by atoms with Gasteiger partial charge in [-0.2, -0.15) is 0 Å². The highest BCUT2D eigenvalue weighted by atomic mass is 19.1. The summed E-state index contributed by atoms with van der Waals surface area (Å²) >= 11 is 0. The molecule has 0 unspecified atom stereocenters. The van der Waals surface area contributed by atoms with Gasteiger partial charge in [-0.15, -0.1) is 0 Å². The molecule has 0 bridgehead atoms. The third-order valence-corrected chi connectivity index (χ3v) is 3.87. The van der Waals surface area contributed by atoms with E-state index in [0.29, 0.717) is 16.8 Å². The van der Waals surface area contributed by atoms with E-state index in [-0.39, 0.29) is 6.42 Å². The van der Waals surface area contributed by atoms with Crippen LogP contribution in [0.1, 0.15) is 24.5 Å². The largest absolute Gasteiger partial charge is 0.481 e. The minimum absolute atomic E-state index is 0.248. The molecule has 0 saturated carbocycles. The van der Waals surface area contributed by atoms with Crippen molar-refractivity contribution in [2.24, 2.45) is 0 Å². The summed E-state index contributed by atoms with van der Waals surface area (Å²) in [6.45, 7) is 3.24. The summed E-state index contributed by atoms with van der Waals surface area (Å²) in [5, 5.41) is 12.1. The molecule has 0 heterocycles. The van der Waals surface area contributed by atoms with Gasteiger partial charge in [0.05, 0.1) is 5.41 Å². The Labute approximate surface area is 134 Å². The number of carbonyl (C=O) groups is 2. The molecule has 0 aliphatic rings. The lowest BCUT2D eigenvalue weighted by Crippen LogP contribution is -2.36. The zero-order valence-electron chi connectivity index (χ0n) is 13.0. The summed E-state index contributed by atoms with van der Waals surface area (Å²) in [7, 11) is 0. The van der Waals surface area contributed by atoms with Crippen molar-refractivity contribution in [1.82, 2.24) is 0 Å². The second kappa shape index (κ2) is 6.60. The number of anilines is 1. The van der Waals surface area contributed by atoms with Gasteiger partial charge in [0.2, 0.25) is 5.91 Å². The summed E-state index contributed by atoms with van der Waals surface area (Å²) in [6, 6.07) is 12.7. The number of rotatable bonds is 5. The predicted octanol–water partition coefficient (Wildman–Crippen LogP) is 3.51. The minimum atomic E-state index is -1.35. The molecule has 1 atom stereocenters. The molecule has 0 aromatic heterocycles. The number of halogens is 1. The average Bonchev–Trinajstić information content (AvgIpc) is 2.51. The van der Waals surface area contributed by atoms with Crippen LogP contribution in [0.3, 0.4) is 0 Å². The van der Waals surface area contributed by atoms with Gasteiger partial charge in [0, 0.05) is 12.1 Å². The molecule has 2 aromatic carbocycles. The standard InChI is InChI=1S/C18H18FNO3/c1-12-8-9-14(19)10-15(12)20-16(21)11-18(2,17(22)23)13-6-4-3-5-7-13/h3-10H,11H2,1-2H3,(H,20,21)(H,22,23)/t18-/m0/s1. The van der Waals surface area contributed by atoms with E-state index in [9.17, 15) is 19.1 Å². The molecule has 2 N–H and O–H groups in total. The van der Waals surface area contributed by atoms with Crippen LogP contribution in [-0.2, 0) is 15.0 Å². The molecule has 0 aliphatic carbocycles. The van der Waals surface area contributed by atoms with Crippen molar-refractivity contribution in [3.63, 3.8) is 0 Å². The van der Waals surface area contributed by atoms with E-state index in [1.165, 1.54) is 19.1 Å². The van der Waals surface area contributed by atoms with Crippen LogP contribution < -0.4 is 5.32 Å². The second-order valence-electron chi connectivity index (χ2n) is 5.69. The first kappa shape index (κ1) is 16.7. The van der Waals surface area contributed by atoms with Crippen LogP contribution in [-0.4, -0.2) is 17.0 Å². The number of nitrogens with one attached hydrogen (secondary N) is 1. The third-order valence-electron chi connectivity index (χ3n) is 3.87. The van der Waals surface area contributed by atoms with E-state index < -0.39 is 23.1 Å². The van der Waals surface area contributed by atoms with Gasteiger partial charge in [0.25, 0.3) is 0 Å². The van der Waals surface area contributed by atoms with Crippen LogP contribution in [0, 0.1) is 12.7 Å². The Morgan fingerprint density at radius 1 is 1.17 bits per heavy atom. The number of amides is 1. The maximum atomic E-state index is 13.3. The molecule has 5 heteroatoms. The van der Waals surface area contributed by atoms with Crippen LogP contribution >= 0.6 is 0 Å². The zero-order valence-corrected chi connectivity index (χ0v) is 13.0. The lowest BCUT2D eigenvalue weighted by molar-refractivity contribution is -0.145. The van der Waals surface area contributed by atoms with Crippen molar-refractivity contribution in [2.75, 3.05) is 5.32 Å². The molecule has 0 aliphatic heterocycles. The Balaban J connectivity index is 2.22. The number of hydrogen-bond donors (Lipinski definition) is 2. The maximum absolute atomic E-state index is 13.3. The highest BCUT2D eigenvalue weighted by Crippen LogP contribution is 2.29. The Kier molecular flexibility index (Phi) is 4.79. The first-order valence-corrected chi connectivity index (χ1v) is 7.18. The van der Waals surface area contributed by atoms with E-state index >= 15 is 0 Å². The first-order valence-electron chi connectivity index (χ1n) is 7.18. The lowest BCUT2D eigenvalue weighted by atomic mass is 9.79. The number of aliphatic carboxylic acids is 1. The molecule has 120 valence electrons. The highest BCUT2D eigenvalue weighted by molar-refractivity contribution is 5.96. The number of hydrogen-bond acceptors (Lipinski definition) is 2. The highest BCUT2D eigenvalue weighted by Gasteiger charge is 2.37. The van der Waals surface area contributed by atoms with E-state index in [4.69, 9.17) is 0 Å². The smallest absolute Gasteiger partial charge is 0.314 e. The molecule has 23 heavy (non-hydrogen) atoms. The Bertz CT molecular complexity index is 730. The van der Waals surface area contributed by atoms with Crippen LogP contribution in [0.2, 0.25) is 0 Å². The third kappa shape index (κ3) is 3.74. The van der Waals surface area contributed by atoms with Crippen molar-refractivity contribution in [2.45, 2.75) is 25.7 Å². The van der Waals surface area contributed by atoms with Gasteiger partial charge >= 0.3 is 5.97 Å². The van der Waals surface area contributed by atoms with Crippen LogP contribution in [0.25, 0.3) is 0 Å². The minimum Gasteiger partial charge on any atom is -0.481 e. The number of benzene rings is 2. The molecule has 2 rings (SSSR count). The topological polar surface area (TPSA) is 66.4 Å². The average molecular weight is 315 g/mol. The molecule has 1 amide bonds. The van der Waals surface area contributed by atoms with Crippen molar-refractivity contribution in [3.05, 3.63) is 65.5 Å². The van der Waals surface area contributed by atoms with E-state index in [1.807, 2.05) is 0 Å². The summed E-state index contributed by atoms with van der Waals surface area (Å²) in [5.41, 5.74) is 0.234. The molecule has 0 fully saturated rings. The summed E-state index contributed by atoms with van der Waals surface area (Å²) in [6.07, 6.45) is -0.248. The van der Waals surface area contributed by atoms with Gasteiger partial charge in [-0.3, -0.25) is 9.59 Å². The molecule has 0 radical (unpaired) electrons.